The zero-order chi connectivity index (χ0) is 25.5. The Morgan fingerprint density at radius 3 is 2.24 bits per heavy atom. The summed E-state index contributed by atoms with van der Waals surface area (Å²) in [4.78, 5) is 36.9. The molecule has 0 heterocycles. The molecule has 0 radical (unpaired) electrons. The Kier molecular flexibility index (Phi) is 7.13. The topological polar surface area (TPSA) is 71.4 Å². The van der Waals surface area contributed by atoms with Crippen molar-refractivity contribution in [1.82, 2.24) is 0 Å². The van der Waals surface area contributed by atoms with Crippen LogP contribution in [0.5, 0.6) is 0 Å². The Morgan fingerprint density at radius 1 is 0.941 bits per heavy atom. The van der Waals surface area contributed by atoms with Crippen molar-refractivity contribution in [3.8, 4) is 0 Å². The molecule has 34 heavy (non-hydrogen) atoms. The quantitative estimate of drug-likeness (QED) is 0.359. The number of ketones is 2. The number of carbonyl (C=O) groups is 3. The number of carboxylic acid groups (broad SMARTS) is 1. The second kappa shape index (κ2) is 9.28. The van der Waals surface area contributed by atoms with Crippen molar-refractivity contribution >= 4 is 17.5 Å². The highest BCUT2D eigenvalue weighted by atomic mass is 16.4. The van der Waals surface area contributed by atoms with Gasteiger partial charge in [-0.05, 0) is 62.9 Å². The van der Waals surface area contributed by atoms with Crippen molar-refractivity contribution in [3.05, 3.63) is 58.7 Å². The lowest BCUT2D eigenvalue weighted by atomic mass is 9.43. The van der Waals surface area contributed by atoms with E-state index in [0.29, 0.717) is 24.5 Å². The molecule has 1 unspecified atom stereocenters. The van der Waals surface area contributed by atoms with Crippen molar-refractivity contribution < 1.29 is 19.5 Å². The summed E-state index contributed by atoms with van der Waals surface area (Å²) in [6, 6.07) is 0. The lowest BCUT2D eigenvalue weighted by Gasteiger charge is -2.60. The van der Waals surface area contributed by atoms with Gasteiger partial charge in [0.1, 0.15) is 5.78 Å². The van der Waals surface area contributed by atoms with Gasteiger partial charge in [0, 0.05) is 34.8 Å². The van der Waals surface area contributed by atoms with Gasteiger partial charge in [-0.3, -0.25) is 9.59 Å². The van der Waals surface area contributed by atoms with E-state index in [1.807, 2.05) is 38.2 Å². The molecule has 4 atom stereocenters. The van der Waals surface area contributed by atoms with Gasteiger partial charge in [0.05, 0.1) is 0 Å². The highest BCUT2D eigenvalue weighted by Gasteiger charge is 2.64. The Balaban J connectivity index is 1.86. The fourth-order valence-corrected chi connectivity index (χ4v) is 7.28. The molecule has 3 saturated carbocycles. The minimum Gasteiger partial charge on any atom is -0.478 e. The summed E-state index contributed by atoms with van der Waals surface area (Å²) in [7, 11) is 0. The zero-order valence-electron chi connectivity index (χ0n) is 21.8. The minimum atomic E-state index is -0.923. The maximum Gasteiger partial charge on any atom is 0.331 e. The third kappa shape index (κ3) is 4.44. The largest absolute Gasteiger partial charge is 0.478 e. The fraction of sp³-hybridized carbons (Fsp3) is 0.567. The van der Waals surface area contributed by atoms with Crippen LogP contribution in [0.3, 0.4) is 0 Å². The van der Waals surface area contributed by atoms with Gasteiger partial charge < -0.3 is 5.11 Å². The molecule has 4 nitrogen and oxygen atoms in total. The first-order valence-electron chi connectivity index (χ1n) is 12.5. The standard InChI is InChI=1S/C30H40O4/c1-19(11-9-13-21(3)27(33)34)10-8-12-20(2)26-22(31)18-24-29(6)17-15-25(32)28(4,5)23(29)14-16-30(24,26)7/h8-13,23-24H,14-18H2,1-7H3,(H,33,34)/b11-9+,12-8+,19-10+,21-13-,26-20+/t23-,24?,29-,30+/m0/s1. The van der Waals surface area contributed by atoms with E-state index in [1.54, 1.807) is 19.1 Å². The Morgan fingerprint density at radius 2 is 1.59 bits per heavy atom. The number of hydrogen-bond acceptors (Lipinski definition) is 3. The van der Waals surface area contributed by atoms with E-state index in [4.69, 9.17) is 5.11 Å². The molecule has 3 aliphatic carbocycles. The summed E-state index contributed by atoms with van der Waals surface area (Å²) in [5.74, 6) is 0.330. The van der Waals surface area contributed by atoms with Crippen molar-refractivity contribution in [3.63, 3.8) is 0 Å². The van der Waals surface area contributed by atoms with Crippen molar-refractivity contribution in [1.29, 1.82) is 0 Å². The molecule has 3 fully saturated rings. The van der Waals surface area contributed by atoms with E-state index in [9.17, 15) is 14.4 Å². The summed E-state index contributed by atoms with van der Waals surface area (Å²) < 4.78 is 0. The van der Waals surface area contributed by atoms with Crippen LogP contribution in [0, 0.1) is 28.1 Å². The van der Waals surface area contributed by atoms with Crippen molar-refractivity contribution in [2.75, 3.05) is 0 Å². The molecule has 0 aromatic heterocycles. The highest BCUT2D eigenvalue weighted by Crippen LogP contribution is 2.68. The van der Waals surface area contributed by atoms with Crippen molar-refractivity contribution in [2.24, 2.45) is 28.1 Å². The van der Waals surface area contributed by atoms with E-state index in [-0.39, 0.29) is 33.5 Å². The summed E-state index contributed by atoms with van der Waals surface area (Å²) in [6.07, 6.45) is 15.2. The molecular weight excluding hydrogens is 424 g/mol. The zero-order valence-corrected chi connectivity index (χ0v) is 21.8. The molecule has 3 rings (SSSR count). The number of Topliss-reactive ketones (excluding diaryl/α,β-unsaturated/α-hetero) is 2. The van der Waals surface area contributed by atoms with Crippen LogP contribution < -0.4 is 0 Å². The molecule has 1 N–H and O–H groups in total. The first-order valence-corrected chi connectivity index (χ1v) is 12.5. The number of allylic oxidation sites excluding steroid dienone is 9. The Hall–Kier alpha value is -2.49. The molecule has 0 bridgehead atoms. The number of rotatable bonds is 5. The first kappa shape index (κ1) is 26.1. The number of aliphatic carboxylic acids is 1. The van der Waals surface area contributed by atoms with E-state index in [1.165, 1.54) is 0 Å². The van der Waals surface area contributed by atoms with Crippen LogP contribution >= 0.6 is 0 Å². The van der Waals surface area contributed by atoms with E-state index >= 15 is 0 Å². The third-order valence-electron chi connectivity index (χ3n) is 9.18. The van der Waals surface area contributed by atoms with Crippen LogP contribution in [0.25, 0.3) is 0 Å². The average molecular weight is 465 g/mol. The average Bonchev–Trinajstić information content (AvgIpc) is 3.02. The Bertz CT molecular complexity index is 1050. The van der Waals surface area contributed by atoms with Crippen LogP contribution in [0.15, 0.2) is 58.7 Å². The van der Waals surface area contributed by atoms with E-state index < -0.39 is 5.97 Å². The fourth-order valence-electron chi connectivity index (χ4n) is 7.28. The van der Waals surface area contributed by atoms with Gasteiger partial charge in [0.25, 0.3) is 0 Å². The summed E-state index contributed by atoms with van der Waals surface area (Å²) >= 11 is 0. The molecule has 3 aliphatic rings. The lowest BCUT2D eigenvalue weighted by Crippen LogP contribution is -2.56. The molecule has 184 valence electrons. The second-order valence-electron chi connectivity index (χ2n) is 11.7. The first-order chi connectivity index (χ1) is 15.7. The van der Waals surface area contributed by atoms with Gasteiger partial charge in [-0.2, -0.15) is 0 Å². The van der Waals surface area contributed by atoms with E-state index in [2.05, 4.69) is 27.7 Å². The molecule has 0 aromatic rings. The molecule has 0 spiro atoms. The SMILES string of the molecule is C/C(=C/C=C/C(C)=C/C=C/C(C)=C1\C(=O)CC2[C@@]1(C)CC[C@H]1C(C)(C)C(=O)CC[C@]21C)C(=O)O. The smallest absolute Gasteiger partial charge is 0.331 e. The molecule has 0 aromatic carbocycles. The predicted octanol–water partition coefficient (Wildman–Crippen LogP) is 6.79. The van der Waals surface area contributed by atoms with Gasteiger partial charge in [0.2, 0.25) is 0 Å². The molecule has 4 heteroatoms. The maximum absolute atomic E-state index is 13.3. The minimum absolute atomic E-state index is 0.00863. The molecule has 0 aliphatic heterocycles. The van der Waals surface area contributed by atoms with Gasteiger partial charge >= 0.3 is 5.97 Å². The van der Waals surface area contributed by atoms with Crippen LogP contribution in [0.1, 0.15) is 80.6 Å². The number of fused-ring (bicyclic) bond motifs is 3. The van der Waals surface area contributed by atoms with Gasteiger partial charge in [-0.1, -0.05) is 69.7 Å². The maximum atomic E-state index is 13.3. The van der Waals surface area contributed by atoms with Gasteiger partial charge in [-0.15, -0.1) is 0 Å². The number of carbonyl (C=O) groups excluding carboxylic acids is 2. The van der Waals surface area contributed by atoms with Crippen LogP contribution in [0.2, 0.25) is 0 Å². The molecule has 0 saturated heterocycles. The highest BCUT2D eigenvalue weighted by molar-refractivity contribution is 6.01. The van der Waals surface area contributed by atoms with Gasteiger partial charge in [0.15, 0.2) is 5.78 Å². The summed E-state index contributed by atoms with van der Waals surface area (Å²) in [6.45, 7) is 14.4. The molecule has 0 amide bonds. The number of hydrogen-bond donors (Lipinski definition) is 1. The van der Waals surface area contributed by atoms with E-state index in [0.717, 1.165) is 36.0 Å². The van der Waals surface area contributed by atoms with Crippen LogP contribution in [-0.4, -0.2) is 22.6 Å². The predicted molar refractivity (Wildman–Crippen MR) is 136 cm³/mol. The summed E-state index contributed by atoms with van der Waals surface area (Å²) in [5.41, 5.74) is 2.83. The van der Waals surface area contributed by atoms with Crippen LogP contribution in [0.4, 0.5) is 0 Å². The van der Waals surface area contributed by atoms with Gasteiger partial charge in [-0.25, -0.2) is 4.79 Å². The number of carboxylic acids is 1. The third-order valence-corrected chi connectivity index (χ3v) is 9.18. The summed E-state index contributed by atoms with van der Waals surface area (Å²) in [5, 5.41) is 8.92. The van der Waals surface area contributed by atoms with Crippen LogP contribution in [-0.2, 0) is 14.4 Å². The monoisotopic (exact) mass is 464 g/mol. The second-order valence-corrected chi connectivity index (χ2v) is 11.7. The Labute approximate surface area is 204 Å². The lowest BCUT2D eigenvalue weighted by molar-refractivity contribution is -0.154. The van der Waals surface area contributed by atoms with Crippen molar-refractivity contribution in [2.45, 2.75) is 80.6 Å². The molecular formula is C30H40O4. The normalized spacial score (nSPS) is 35.6.